The van der Waals surface area contributed by atoms with Crippen molar-refractivity contribution in [1.82, 2.24) is 9.62 Å². The van der Waals surface area contributed by atoms with E-state index in [0.717, 1.165) is 12.8 Å². The molecule has 1 aromatic carbocycles. The van der Waals surface area contributed by atoms with Crippen LogP contribution in [0.5, 0.6) is 0 Å². The van der Waals surface area contributed by atoms with E-state index in [1.807, 2.05) is 18.2 Å². The quantitative estimate of drug-likeness (QED) is 0.855. The monoisotopic (exact) mass is 362 g/mol. The van der Waals surface area contributed by atoms with Crippen LogP contribution in [-0.2, 0) is 16.6 Å². The Balaban J connectivity index is 1.56. The summed E-state index contributed by atoms with van der Waals surface area (Å²) in [6, 6.07) is 12.5. The van der Waals surface area contributed by atoms with Gasteiger partial charge in [-0.1, -0.05) is 18.2 Å². The molecule has 25 heavy (non-hydrogen) atoms. The number of likely N-dealkylation sites (tertiary alicyclic amines) is 1. The Morgan fingerprint density at radius 1 is 1.20 bits per heavy atom. The van der Waals surface area contributed by atoms with Crippen LogP contribution in [0.3, 0.4) is 0 Å². The van der Waals surface area contributed by atoms with E-state index in [1.165, 1.54) is 6.26 Å². The van der Waals surface area contributed by atoms with Crippen LogP contribution in [-0.4, -0.2) is 38.1 Å². The van der Waals surface area contributed by atoms with Crippen molar-refractivity contribution >= 4 is 15.9 Å². The first kappa shape index (κ1) is 17.7. The summed E-state index contributed by atoms with van der Waals surface area (Å²) in [5, 5.41) is 0. The minimum Gasteiger partial charge on any atom is -0.468 e. The molecule has 1 saturated heterocycles. The molecule has 1 atom stereocenters. The largest absolute Gasteiger partial charge is 0.468 e. The average molecular weight is 362 g/mol. The van der Waals surface area contributed by atoms with E-state index in [4.69, 9.17) is 4.42 Å². The molecule has 2 aromatic rings. The summed E-state index contributed by atoms with van der Waals surface area (Å²) >= 11 is 0. The lowest BCUT2D eigenvalue weighted by Crippen LogP contribution is -2.43. The molecule has 2 heterocycles. The summed E-state index contributed by atoms with van der Waals surface area (Å²) in [6.45, 7) is 1.29. The number of furan rings is 1. The summed E-state index contributed by atoms with van der Waals surface area (Å²) in [5.74, 6) is 0.501. The summed E-state index contributed by atoms with van der Waals surface area (Å²) in [4.78, 5) is 14.3. The molecule has 7 heteroatoms. The van der Waals surface area contributed by atoms with Crippen molar-refractivity contribution in [3.63, 3.8) is 0 Å². The third-order valence-corrected chi connectivity index (χ3v) is 5.82. The second-order valence-electron chi connectivity index (χ2n) is 6.31. The topological polar surface area (TPSA) is 79.6 Å². The maximum absolute atomic E-state index is 12.5. The molecule has 6 nitrogen and oxygen atoms in total. The molecular formula is C18H22N2O4S. The van der Waals surface area contributed by atoms with Crippen LogP contribution < -0.4 is 4.72 Å². The zero-order valence-electron chi connectivity index (χ0n) is 13.9. The standard InChI is InChI=1S/C18H22N2O4S/c21-18(16-7-2-1-3-8-16)20-10-4-6-15(13-20)14-25(22,23)19-12-17-9-5-11-24-17/h1-3,5,7-9,11,15,19H,4,6,10,12-14H2/t15-/m1/s1. The molecule has 0 aliphatic carbocycles. The van der Waals surface area contributed by atoms with Crippen LogP contribution in [0.25, 0.3) is 0 Å². The van der Waals surface area contributed by atoms with Gasteiger partial charge in [0.25, 0.3) is 5.91 Å². The zero-order valence-corrected chi connectivity index (χ0v) is 14.7. The number of carbonyl (C=O) groups is 1. The van der Waals surface area contributed by atoms with Crippen LogP contribution in [0, 0.1) is 5.92 Å². The average Bonchev–Trinajstić information content (AvgIpc) is 3.14. The molecule has 1 aliphatic rings. The van der Waals surface area contributed by atoms with Gasteiger partial charge in [0.1, 0.15) is 5.76 Å². The van der Waals surface area contributed by atoms with Gasteiger partial charge in [0.05, 0.1) is 18.6 Å². The van der Waals surface area contributed by atoms with Gasteiger partial charge in [-0.25, -0.2) is 13.1 Å². The van der Waals surface area contributed by atoms with E-state index in [9.17, 15) is 13.2 Å². The SMILES string of the molecule is O=C(c1ccccc1)N1CCC[C@@H](CS(=O)(=O)NCc2ccco2)C1. The lowest BCUT2D eigenvalue weighted by atomic mass is 9.99. The summed E-state index contributed by atoms with van der Waals surface area (Å²) in [7, 11) is -3.42. The highest BCUT2D eigenvalue weighted by Gasteiger charge is 2.28. The number of carbonyl (C=O) groups excluding carboxylic acids is 1. The van der Waals surface area contributed by atoms with Crippen LogP contribution >= 0.6 is 0 Å². The van der Waals surface area contributed by atoms with Crippen molar-refractivity contribution in [3.05, 3.63) is 60.1 Å². The third kappa shape index (κ3) is 4.93. The van der Waals surface area contributed by atoms with Crippen molar-refractivity contribution in [2.75, 3.05) is 18.8 Å². The molecule has 134 valence electrons. The Morgan fingerprint density at radius 2 is 2.00 bits per heavy atom. The van der Waals surface area contributed by atoms with Gasteiger partial charge in [-0.15, -0.1) is 0 Å². The van der Waals surface area contributed by atoms with Crippen LogP contribution in [0.1, 0.15) is 29.0 Å². The Kier molecular flexibility index (Phi) is 5.55. The maximum atomic E-state index is 12.5. The van der Waals surface area contributed by atoms with Crippen molar-refractivity contribution in [2.24, 2.45) is 5.92 Å². The minimum atomic E-state index is -3.42. The highest BCUT2D eigenvalue weighted by atomic mass is 32.2. The highest BCUT2D eigenvalue weighted by Crippen LogP contribution is 2.20. The smallest absolute Gasteiger partial charge is 0.253 e. The van der Waals surface area contributed by atoms with Crippen molar-refractivity contribution in [3.8, 4) is 0 Å². The van der Waals surface area contributed by atoms with Gasteiger partial charge in [-0.3, -0.25) is 4.79 Å². The highest BCUT2D eigenvalue weighted by molar-refractivity contribution is 7.89. The number of benzene rings is 1. The third-order valence-electron chi connectivity index (χ3n) is 4.33. The van der Waals surface area contributed by atoms with Gasteiger partial charge in [-0.05, 0) is 43.0 Å². The number of nitrogens with one attached hydrogen (secondary N) is 1. The molecule has 0 radical (unpaired) electrons. The van der Waals surface area contributed by atoms with E-state index < -0.39 is 10.0 Å². The Bertz CT molecular complexity index is 788. The van der Waals surface area contributed by atoms with Crippen LogP contribution in [0.15, 0.2) is 53.1 Å². The molecule has 1 N–H and O–H groups in total. The number of rotatable bonds is 6. The molecule has 1 aromatic heterocycles. The molecule has 0 spiro atoms. The molecule has 1 amide bonds. The van der Waals surface area contributed by atoms with Crippen LogP contribution in [0.2, 0.25) is 0 Å². The fourth-order valence-electron chi connectivity index (χ4n) is 3.11. The molecule has 0 bridgehead atoms. The van der Waals surface area contributed by atoms with E-state index in [1.54, 1.807) is 29.2 Å². The fraction of sp³-hybridized carbons (Fsp3) is 0.389. The van der Waals surface area contributed by atoms with Gasteiger partial charge in [0.15, 0.2) is 0 Å². The first-order valence-corrected chi connectivity index (χ1v) is 10.0. The summed E-state index contributed by atoms with van der Waals surface area (Å²) in [5.41, 5.74) is 0.641. The van der Waals surface area contributed by atoms with Crippen molar-refractivity contribution in [1.29, 1.82) is 0 Å². The number of sulfonamides is 1. The minimum absolute atomic E-state index is 0.0201. The summed E-state index contributed by atoms with van der Waals surface area (Å²) < 4.78 is 32.3. The van der Waals surface area contributed by atoms with Crippen molar-refractivity contribution < 1.29 is 17.6 Å². The van der Waals surface area contributed by atoms with Gasteiger partial charge < -0.3 is 9.32 Å². The second-order valence-corrected chi connectivity index (χ2v) is 8.16. The Labute approximate surface area is 147 Å². The molecular weight excluding hydrogens is 340 g/mol. The molecule has 1 aliphatic heterocycles. The lowest BCUT2D eigenvalue weighted by Gasteiger charge is -2.32. The maximum Gasteiger partial charge on any atom is 0.253 e. The van der Waals surface area contributed by atoms with Gasteiger partial charge in [0, 0.05) is 18.7 Å². The molecule has 1 fully saturated rings. The molecule has 3 rings (SSSR count). The first-order valence-electron chi connectivity index (χ1n) is 8.37. The predicted molar refractivity (Wildman–Crippen MR) is 94.4 cm³/mol. The van der Waals surface area contributed by atoms with Gasteiger partial charge in [0.2, 0.25) is 10.0 Å². The van der Waals surface area contributed by atoms with E-state index in [2.05, 4.69) is 4.72 Å². The second kappa shape index (κ2) is 7.84. The number of amides is 1. The Hall–Kier alpha value is -2.12. The van der Waals surface area contributed by atoms with Gasteiger partial charge >= 0.3 is 0 Å². The van der Waals surface area contributed by atoms with Gasteiger partial charge in [-0.2, -0.15) is 0 Å². The van der Waals surface area contributed by atoms with Crippen molar-refractivity contribution in [2.45, 2.75) is 19.4 Å². The first-order chi connectivity index (χ1) is 12.0. The number of hydrogen-bond acceptors (Lipinski definition) is 4. The Morgan fingerprint density at radius 3 is 2.72 bits per heavy atom. The summed E-state index contributed by atoms with van der Waals surface area (Å²) in [6.07, 6.45) is 3.13. The van der Waals surface area contributed by atoms with E-state index in [-0.39, 0.29) is 24.1 Å². The lowest BCUT2D eigenvalue weighted by molar-refractivity contribution is 0.0684. The van der Waals surface area contributed by atoms with E-state index >= 15 is 0 Å². The fourth-order valence-corrected chi connectivity index (χ4v) is 4.49. The number of hydrogen-bond donors (Lipinski definition) is 1. The molecule has 0 saturated carbocycles. The normalized spacial score (nSPS) is 18.2. The predicted octanol–water partition coefficient (Wildman–Crippen LogP) is 2.25. The van der Waals surface area contributed by atoms with E-state index in [0.29, 0.717) is 24.4 Å². The van der Waals surface area contributed by atoms with Crippen LogP contribution in [0.4, 0.5) is 0 Å². The number of piperidine rings is 1. The molecule has 0 unspecified atom stereocenters. The zero-order chi connectivity index (χ0) is 17.7. The number of nitrogens with zero attached hydrogens (tertiary/aromatic N) is 1.